The van der Waals surface area contributed by atoms with Crippen molar-refractivity contribution in [3.05, 3.63) is 58.1 Å². The van der Waals surface area contributed by atoms with Crippen LogP contribution in [0, 0.1) is 0 Å². The Bertz CT molecular complexity index is 806. The van der Waals surface area contributed by atoms with Crippen LogP contribution in [0.5, 0.6) is 5.75 Å². The number of nitrogens with one attached hydrogen (secondary N) is 2. The third-order valence-corrected chi connectivity index (χ3v) is 3.96. The summed E-state index contributed by atoms with van der Waals surface area (Å²) in [5, 5.41) is 0. The van der Waals surface area contributed by atoms with Crippen LogP contribution in [-0.4, -0.2) is 32.0 Å². The molecule has 2 amide bonds. The van der Waals surface area contributed by atoms with Crippen molar-refractivity contribution in [1.29, 1.82) is 0 Å². The van der Waals surface area contributed by atoms with Crippen LogP contribution in [0.15, 0.2) is 46.9 Å². The number of rotatable bonds is 5. The predicted molar refractivity (Wildman–Crippen MR) is 106 cm³/mol. The molecule has 2 aromatic rings. The Morgan fingerprint density at radius 2 is 1.73 bits per heavy atom. The molecule has 0 atom stereocenters. The first-order chi connectivity index (χ1) is 12.3. The number of carbonyl (C=O) groups excluding carboxylic acids is 2. The molecule has 26 heavy (non-hydrogen) atoms. The average Bonchev–Trinajstić information content (AvgIpc) is 2.59. The van der Waals surface area contributed by atoms with Crippen molar-refractivity contribution in [2.24, 2.45) is 0 Å². The van der Waals surface area contributed by atoms with Gasteiger partial charge in [0.1, 0.15) is 5.75 Å². The molecule has 0 heterocycles. The van der Waals surface area contributed by atoms with Gasteiger partial charge in [-0.3, -0.25) is 20.4 Å². The largest absolute Gasteiger partial charge is 0.490 e. The lowest BCUT2D eigenvalue weighted by Gasteiger charge is -2.15. The normalized spacial score (nSPS) is 10.4. The Labute approximate surface area is 161 Å². The number of hydrogen-bond acceptors (Lipinski definition) is 4. The maximum atomic E-state index is 12.4. The lowest BCUT2D eigenvalue weighted by atomic mass is 10.2. The van der Waals surface area contributed by atoms with E-state index < -0.39 is 11.8 Å². The van der Waals surface area contributed by atoms with Gasteiger partial charge in [0.25, 0.3) is 11.8 Å². The molecule has 0 saturated heterocycles. The van der Waals surface area contributed by atoms with Gasteiger partial charge in [-0.2, -0.15) is 0 Å². The smallest absolute Gasteiger partial charge is 0.273 e. The summed E-state index contributed by atoms with van der Waals surface area (Å²) < 4.78 is 6.47. The highest BCUT2D eigenvalue weighted by atomic mass is 79.9. The third kappa shape index (κ3) is 5.23. The van der Waals surface area contributed by atoms with E-state index in [0.717, 1.165) is 10.2 Å². The molecule has 0 bridgehead atoms. The number of halogens is 1. The first kappa shape index (κ1) is 19.8. The number of nitrogens with zero attached hydrogens (tertiary/aromatic N) is 1. The maximum Gasteiger partial charge on any atom is 0.273 e. The van der Waals surface area contributed by atoms with Gasteiger partial charge in [-0.15, -0.1) is 0 Å². The highest BCUT2D eigenvalue weighted by molar-refractivity contribution is 9.10. The number of ether oxygens (including phenoxy) is 1. The van der Waals surface area contributed by atoms with Crippen molar-refractivity contribution in [3.8, 4) is 5.75 Å². The molecule has 0 aromatic heterocycles. The summed E-state index contributed by atoms with van der Waals surface area (Å²) in [6.45, 7) is 3.75. The monoisotopic (exact) mass is 419 g/mol. The molecule has 0 fully saturated rings. The minimum Gasteiger partial charge on any atom is -0.490 e. The van der Waals surface area contributed by atoms with Gasteiger partial charge in [-0.05, 0) is 50.2 Å². The third-order valence-electron chi connectivity index (χ3n) is 3.47. The van der Waals surface area contributed by atoms with Crippen molar-refractivity contribution < 1.29 is 14.3 Å². The van der Waals surface area contributed by atoms with Gasteiger partial charge in [0.05, 0.1) is 11.7 Å². The zero-order chi connectivity index (χ0) is 19.3. The molecule has 0 radical (unpaired) electrons. The minimum atomic E-state index is -0.453. The second kappa shape index (κ2) is 8.71. The van der Waals surface area contributed by atoms with Crippen LogP contribution in [0.4, 0.5) is 5.69 Å². The summed E-state index contributed by atoms with van der Waals surface area (Å²) in [5.41, 5.74) is 6.55. The molecule has 2 N–H and O–H groups in total. The molecule has 2 aromatic carbocycles. The summed E-state index contributed by atoms with van der Waals surface area (Å²) in [6, 6.07) is 12.2. The zero-order valence-corrected chi connectivity index (χ0v) is 16.8. The van der Waals surface area contributed by atoms with Gasteiger partial charge in [0.15, 0.2) is 0 Å². The fourth-order valence-electron chi connectivity index (χ4n) is 2.21. The van der Waals surface area contributed by atoms with Crippen LogP contribution in [0.3, 0.4) is 0 Å². The first-order valence-corrected chi connectivity index (χ1v) is 8.91. The SMILES string of the molecule is CC(C)Oc1cc(Br)ccc1C(=O)NNC(=O)c1cccc(N(C)C)c1. The standard InChI is InChI=1S/C19H22BrN3O3/c1-12(2)26-17-11-14(20)8-9-16(17)19(25)22-21-18(24)13-6-5-7-15(10-13)23(3)4/h5-12H,1-4H3,(H,21,24)(H,22,25). The number of hydrazine groups is 1. The highest BCUT2D eigenvalue weighted by Gasteiger charge is 2.15. The van der Waals surface area contributed by atoms with Gasteiger partial charge < -0.3 is 9.64 Å². The topological polar surface area (TPSA) is 70.7 Å². The molecule has 0 aliphatic rings. The Morgan fingerprint density at radius 1 is 1.04 bits per heavy atom. The Kier molecular flexibility index (Phi) is 6.63. The van der Waals surface area contributed by atoms with Gasteiger partial charge >= 0.3 is 0 Å². The van der Waals surface area contributed by atoms with E-state index in [1.165, 1.54) is 0 Å². The van der Waals surface area contributed by atoms with Crippen LogP contribution in [0.2, 0.25) is 0 Å². The van der Waals surface area contributed by atoms with Crippen LogP contribution >= 0.6 is 15.9 Å². The second-order valence-corrected chi connectivity index (χ2v) is 7.08. The summed E-state index contributed by atoms with van der Waals surface area (Å²) in [4.78, 5) is 26.6. The van der Waals surface area contributed by atoms with Crippen molar-refractivity contribution in [2.75, 3.05) is 19.0 Å². The molecule has 0 unspecified atom stereocenters. The average molecular weight is 420 g/mol. The van der Waals surface area contributed by atoms with E-state index in [0.29, 0.717) is 16.9 Å². The van der Waals surface area contributed by atoms with Crippen molar-refractivity contribution >= 4 is 33.4 Å². The van der Waals surface area contributed by atoms with Crippen LogP contribution in [0.25, 0.3) is 0 Å². The Morgan fingerprint density at radius 3 is 2.38 bits per heavy atom. The lowest BCUT2D eigenvalue weighted by Crippen LogP contribution is -2.41. The number of anilines is 1. The number of amides is 2. The van der Waals surface area contributed by atoms with Crippen molar-refractivity contribution in [3.63, 3.8) is 0 Å². The van der Waals surface area contributed by atoms with Crippen molar-refractivity contribution in [2.45, 2.75) is 20.0 Å². The zero-order valence-electron chi connectivity index (χ0n) is 15.2. The minimum absolute atomic E-state index is 0.0841. The fourth-order valence-corrected chi connectivity index (χ4v) is 2.55. The summed E-state index contributed by atoms with van der Waals surface area (Å²) in [6.07, 6.45) is -0.0841. The molecule has 138 valence electrons. The van der Waals surface area contributed by atoms with E-state index in [4.69, 9.17) is 4.74 Å². The van der Waals surface area contributed by atoms with E-state index >= 15 is 0 Å². The highest BCUT2D eigenvalue weighted by Crippen LogP contribution is 2.24. The van der Waals surface area contributed by atoms with Crippen LogP contribution in [0.1, 0.15) is 34.6 Å². The lowest BCUT2D eigenvalue weighted by molar-refractivity contribution is 0.0843. The molecular formula is C19H22BrN3O3. The van der Waals surface area contributed by atoms with E-state index in [1.54, 1.807) is 36.4 Å². The van der Waals surface area contributed by atoms with E-state index in [1.807, 2.05) is 38.9 Å². The van der Waals surface area contributed by atoms with E-state index in [2.05, 4.69) is 26.8 Å². The van der Waals surface area contributed by atoms with Crippen LogP contribution < -0.4 is 20.5 Å². The summed E-state index contributed by atoms with van der Waals surface area (Å²) in [5.74, 6) is -0.411. The Hall–Kier alpha value is -2.54. The maximum absolute atomic E-state index is 12.4. The van der Waals surface area contributed by atoms with E-state index in [9.17, 15) is 9.59 Å². The van der Waals surface area contributed by atoms with Gasteiger partial charge in [0.2, 0.25) is 0 Å². The second-order valence-electron chi connectivity index (χ2n) is 6.16. The molecular weight excluding hydrogens is 398 g/mol. The molecule has 2 rings (SSSR count). The van der Waals surface area contributed by atoms with Crippen molar-refractivity contribution in [1.82, 2.24) is 10.9 Å². The van der Waals surface area contributed by atoms with E-state index in [-0.39, 0.29) is 6.10 Å². The van der Waals surface area contributed by atoms with Gasteiger partial charge in [0, 0.05) is 29.8 Å². The molecule has 0 aliphatic heterocycles. The van der Waals surface area contributed by atoms with Gasteiger partial charge in [-0.1, -0.05) is 22.0 Å². The molecule has 7 heteroatoms. The number of benzene rings is 2. The molecule has 0 saturated carbocycles. The number of carbonyl (C=O) groups is 2. The fraction of sp³-hybridized carbons (Fsp3) is 0.263. The molecule has 0 aliphatic carbocycles. The quantitative estimate of drug-likeness (QED) is 0.728. The predicted octanol–water partition coefficient (Wildman–Crippen LogP) is 3.38. The van der Waals surface area contributed by atoms with Gasteiger partial charge in [-0.25, -0.2) is 0 Å². The molecule has 0 spiro atoms. The summed E-state index contributed by atoms with van der Waals surface area (Å²) >= 11 is 3.36. The summed E-state index contributed by atoms with van der Waals surface area (Å²) in [7, 11) is 3.78. The first-order valence-electron chi connectivity index (χ1n) is 8.12. The Balaban J connectivity index is 2.09. The number of hydrogen-bond donors (Lipinski definition) is 2. The van der Waals surface area contributed by atoms with Crippen LogP contribution in [-0.2, 0) is 0 Å². The molecule has 6 nitrogen and oxygen atoms in total.